The molecule has 1 heterocycles. The lowest BCUT2D eigenvalue weighted by Gasteiger charge is -2.31. The third kappa shape index (κ3) is 1.57. The van der Waals surface area contributed by atoms with Crippen molar-refractivity contribution in [3.05, 3.63) is 17.8 Å². The number of oxazole rings is 1. The standard InChI is InChI=1S/C11H17NO2/c1-11(5-3-2-4-6-11)10-9(7-13)12-8-14-10/h8,13H,2-7H2,1H3. The lowest BCUT2D eigenvalue weighted by Crippen LogP contribution is -2.25. The zero-order valence-corrected chi connectivity index (χ0v) is 8.62. The summed E-state index contributed by atoms with van der Waals surface area (Å²) in [6.07, 6.45) is 7.56. The van der Waals surface area contributed by atoms with Crippen molar-refractivity contribution in [1.82, 2.24) is 4.98 Å². The number of aliphatic hydroxyl groups excluding tert-OH is 1. The molecule has 14 heavy (non-hydrogen) atoms. The van der Waals surface area contributed by atoms with Crippen molar-refractivity contribution in [3.63, 3.8) is 0 Å². The number of aromatic nitrogens is 1. The Morgan fingerprint density at radius 3 is 2.79 bits per heavy atom. The molecule has 0 aromatic carbocycles. The van der Waals surface area contributed by atoms with E-state index in [1.807, 2.05) is 0 Å². The van der Waals surface area contributed by atoms with Crippen LogP contribution >= 0.6 is 0 Å². The minimum absolute atomic E-state index is 0.0125. The van der Waals surface area contributed by atoms with Crippen LogP contribution in [-0.2, 0) is 12.0 Å². The van der Waals surface area contributed by atoms with Crippen molar-refractivity contribution in [2.75, 3.05) is 0 Å². The molecule has 0 radical (unpaired) electrons. The maximum absolute atomic E-state index is 9.13. The molecule has 1 fully saturated rings. The summed E-state index contributed by atoms with van der Waals surface area (Å²) in [6.45, 7) is 2.20. The second-order valence-electron chi connectivity index (χ2n) is 4.41. The molecule has 3 nitrogen and oxygen atoms in total. The number of nitrogens with zero attached hydrogens (tertiary/aromatic N) is 1. The Kier molecular flexibility index (Phi) is 2.59. The molecule has 2 rings (SSSR count). The molecule has 0 saturated heterocycles. The van der Waals surface area contributed by atoms with Crippen molar-refractivity contribution >= 4 is 0 Å². The van der Waals surface area contributed by atoms with Crippen LogP contribution in [0.3, 0.4) is 0 Å². The van der Waals surface area contributed by atoms with Gasteiger partial charge in [-0.25, -0.2) is 4.98 Å². The first-order valence-corrected chi connectivity index (χ1v) is 5.30. The highest BCUT2D eigenvalue weighted by Crippen LogP contribution is 2.40. The quantitative estimate of drug-likeness (QED) is 0.788. The van der Waals surface area contributed by atoms with Gasteiger partial charge in [0.2, 0.25) is 0 Å². The SMILES string of the molecule is CC1(c2ocnc2CO)CCCCC1. The second-order valence-corrected chi connectivity index (χ2v) is 4.41. The molecular formula is C11H17NO2. The van der Waals surface area contributed by atoms with Crippen LogP contribution < -0.4 is 0 Å². The summed E-state index contributed by atoms with van der Waals surface area (Å²) < 4.78 is 5.43. The molecule has 0 unspecified atom stereocenters. The number of hydrogen-bond acceptors (Lipinski definition) is 3. The van der Waals surface area contributed by atoms with Gasteiger partial charge in [-0.2, -0.15) is 0 Å². The molecule has 0 aliphatic heterocycles. The summed E-state index contributed by atoms with van der Waals surface area (Å²) >= 11 is 0. The Hall–Kier alpha value is -0.830. The summed E-state index contributed by atoms with van der Waals surface area (Å²) in [6, 6.07) is 0. The Morgan fingerprint density at radius 1 is 1.43 bits per heavy atom. The monoisotopic (exact) mass is 195 g/mol. The summed E-state index contributed by atoms with van der Waals surface area (Å²) in [5, 5.41) is 9.13. The maximum Gasteiger partial charge on any atom is 0.181 e. The van der Waals surface area contributed by atoms with Gasteiger partial charge >= 0.3 is 0 Å². The van der Waals surface area contributed by atoms with E-state index in [0.717, 1.165) is 24.3 Å². The van der Waals surface area contributed by atoms with Gasteiger partial charge in [-0.05, 0) is 12.8 Å². The van der Waals surface area contributed by atoms with E-state index in [0.29, 0.717) is 0 Å². The van der Waals surface area contributed by atoms with Crippen LogP contribution in [0.5, 0.6) is 0 Å². The van der Waals surface area contributed by atoms with Gasteiger partial charge in [-0.15, -0.1) is 0 Å². The molecule has 3 heteroatoms. The predicted molar refractivity (Wildman–Crippen MR) is 52.9 cm³/mol. The normalized spacial score (nSPS) is 21.0. The third-order valence-electron chi connectivity index (χ3n) is 3.30. The number of aliphatic hydroxyl groups is 1. The first-order chi connectivity index (χ1) is 6.76. The molecular weight excluding hydrogens is 178 g/mol. The van der Waals surface area contributed by atoms with Crippen LogP contribution in [0.25, 0.3) is 0 Å². The zero-order valence-electron chi connectivity index (χ0n) is 8.62. The van der Waals surface area contributed by atoms with Crippen molar-refractivity contribution in [1.29, 1.82) is 0 Å². The molecule has 1 aliphatic rings. The van der Waals surface area contributed by atoms with Gasteiger partial charge in [0.05, 0.1) is 6.61 Å². The molecule has 0 bridgehead atoms. The molecule has 78 valence electrons. The van der Waals surface area contributed by atoms with E-state index >= 15 is 0 Å². The Bertz CT molecular complexity index is 300. The van der Waals surface area contributed by atoms with Crippen molar-refractivity contribution in [2.24, 2.45) is 0 Å². The third-order valence-corrected chi connectivity index (χ3v) is 3.30. The second kappa shape index (κ2) is 3.73. The highest BCUT2D eigenvalue weighted by atomic mass is 16.3. The summed E-state index contributed by atoms with van der Waals surface area (Å²) in [5.74, 6) is 0.902. The lowest BCUT2D eigenvalue weighted by atomic mass is 9.73. The van der Waals surface area contributed by atoms with E-state index in [4.69, 9.17) is 9.52 Å². The fourth-order valence-electron chi connectivity index (χ4n) is 2.43. The zero-order chi connectivity index (χ0) is 10.0. The van der Waals surface area contributed by atoms with Gasteiger partial charge < -0.3 is 9.52 Å². The van der Waals surface area contributed by atoms with E-state index in [-0.39, 0.29) is 12.0 Å². The van der Waals surface area contributed by atoms with Gasteiger partial charge in [0, 0.05) is 5.41 Å². The molecule has 1 aliphatic carbocycles. The smallest absolute Gasteiger partial charge is 0.181 e. The summed E-state index contributed by atoms with van der Waals surface area (Å²) in [4.78, 5) is 4.04. The van der Waals surface area contributed by atoms with Gasteiger partial charge in [0.25, 0.3) is 0 Å². The Morgan fingerprint density at radius 2 is 2.14 bits per heavy atom. The molecule has 0 atom stereocenters. The van der Waals surface area contributed by atoms with Crippen LogP contribution in [0.2, 0.25) is 0 Å². The summed E-state index contributed by atoms with van der Waals surface area (Å²) in [7, 11) is 0. The first kappa shape index (κ1) is 9.71. The average molecular weight is 195 g/mol. The highest BCUT2D eigenvalue weighted by molar-refractivity contribution is 5.18. The first-order valence-electron chi connectivity index (χ1n) is 5.30. The van der Waals surface area contributed by atoms with Crippen LogP contribution in [-0.4, -0.2) is 10.1 Å². The Labute approximate surface area is 84.2 Å². The van der Waals surface area contributed by atoms with E-state index in [1.54, 1.807) is 0 Å². The van der Waals surface area contributed by atoms with Crippen LogP contribution in [0.4, 0.5) is 0 Å². The van der Waals surface area contributed by atoms with Gasteiger partial charge in [-0.1, -0.05) is 26.2 Å². The molecule has 1 aromatic heterocycles. The largest absolute Gasteiger partial charge is 0.448 e. The van der Waals surface area contributed by atoms with E-state index < -0.39 is 0 Å². The van der Waals surface area contributed by atoms with Crippen LogP contribution in [0.1, 0.15) is 50.5 Å². The molecule has 0 spiro atoms. The minimum Gasteiger partial charge on any atom is -0.448 e. The lowest BCUT2D eigenvalue weighted by molar-refractivity contribution is 0.241. The van der Waals surface area contributed by atoms with Crippen molar-refractivity contribution in [2.45, 2.75) is 51.0 Å². The van der Waals surface area contributed by atoms with Crippen LogP contribution in [0.15, 0.2) is 10.8 Å². The molecule has 1 saturated carbocycles. The summed E-state index contributed by atoms with van der Waals surface area (Å²) in [5.41, 5.74) is 0.821. The molecule has 0 amide bonds. The van der Waals surface area contributed by atoms with Crippen molar-refractivity contribution in [3.8, 4) is 0 Å². The van der Waals surface area contributed by atoms with Gasteiger partial charge in [-0.3, -0.25) is 0 Å². The van der Waals surface area contributed by atoms with E-state index in [9.17, 15) is 0 Å². The topological polar surface area (TPSA) is 46.3 Å². The van der Waals surface area contributed by atoms with Crippen LogP contribution in [0, 0.1) is 0 Å². The molecule has 1 N–H and O–H groups in total. The molecule has 1 aromatic rings. The fraction of sp³-hybridized carbons (Fsp3) is 0.727. The Balaban J connectivity index is 2.27. The van der Waals surface area contributed by atoms with Gasteiger partial charge in [0.15, 0.2) is 6.39 Å². The number of hydrogen-bond donors (Lipinski definition) is 1. The number of rotatable bonds is 2. The highest BCUT2D eigenvalue weighted by Gasteiger charge is 2.34. The predicted octanol–water partition coefficient (Wildman–Crippen LogP) is 2.39. The maximum atomic E-state index is 9.13. The average Bonchev–Trinajstić information content (AvgIpc) is 2.67. The minimum atomic E-state index is -0.0125. The van der Waals surface area contributed by atoms with E-state index in [1.165, 1.54) is 25.7 Å². The van der Waals surface area contributed by atoms with Crippen molar-refractivity contribution < 1.29 is 9.52 Å². The van der Waals surface area contributed by atoms with Gasteiger partial charge in [0.1, 0.15) is 11.5 Å². The fourth-order valence-corrected chi connectivity index (χ4v) is 2.43. The van der Waals surface area contributed by atoms with E-state index in [2.05, 4.69) is 11.9 Å².